The highest BCUT2D eigenvalue weighted by atomic mass is 16.4. The van der Waals surface area contributed by atoms with E-state index in [1.165, 1.54) is 0 Å². The molecule has 0 saturated heterocycles. The quantitative estimate of drug-likeness (QED) is 0.0841. The largest absolute Gasteiger partial charge is 0.481 e. The van der Waals surface area contributed by atoms with Gasteiger partial charge in [0, 0.05) is 18.8 Å². The van der Waals surface area contributed by atoms with Gasteiger partial charge in [-0.1, -0.05) is 78.9 Å². The Morgan fingerprint density at radius 3 is 1.76 bits per heavy atom. The molecule has 5 amide bonds. The summed E-state index contributed by atoms with van der Waals surface area (Å²) < 4.78 is 0. The van der Waals surface area contributed by atoms with Crippen molar-refractivity contribution in [3.63, 3.8) is 0 Å². The third-order valence-electron chi connectivity index (χ3n) is 7.65. The summed E-state index contributed by atoms with van der Waals surface area (Å²) in [6.07, 6.45) is -0.803. The van der Waals surface area contributed by atoms with E-state index in [2.05, 4.69) is 26.6 Å². The highest BCUT2D eigenvalue weighted by molar-refractivity contribution is 6.36. The van der Waals surface area contributed by atoms with Crippen molar-refractivity contribution in [1.29, 1.82) is 0 Å². The summed E-state index contributed by atoms with van der Waals surface area (Å²) in [6, 6.07) is 22.9. The maximum atomic E-state index is 12.9. The first-order valence-electron chi connectivity index (χ1n) is 15.4. The molecule has 1 atom stereocenters. The van der Waals surface area contributed by atoms with Crippen molar-refractivity contribution >= 4 is 47.1 Å². The second-order valence-corrected chi connectivity index (χ2v) is 11.2. The number of hydrogen-bond donors (Lipinski definition) is 6. The first-order valence-corrected chi connectivity index (χ1v) is 15.4. The van der Waals surface area contributed by atoms with Gasteiger partial charge in [-0.25, -0.2) is 0 Å². The van der Waals surface area contributed by atoms with Crippen LogP contribution in [0.2, 0.25) is 0 Å². The minimum Gasteiger partial charge on any atom is -0.481 e. The molecule has 1 aliphatic carbocycles. The number of benzene rings is 3. The van der Waals surface area contributed by atoms with Crippen LogP contribution >= 0.6 is 0 Å². The van der Waals surface area contributed by atoms with E-state index in [1.54, 1.807) is 30.3 Å². The van der Waals surface area contributed by atoms with Crippen molar-refractivity contribution in [1.82, 2.24) is 26.6 Å². The first-order chi connectivity index (χ1) is 23.5. The molecule has 0 radical (unpaired) electrons. The van der Waals surface area contributed by atoms with Gasteiger partial charge in [-0.2, -0.15) is 0 Å². The summed E-state index contributed by atoms with van der Waals surface area (Å²) in [4.78, 5) is 97.5. The molecule has 14 heteroatoms. The molecule has 0 bridgehead atoms. The van der Waals surface area contributed by atoms with Crippen molar-refractivity contribution in [3.8, 4) is 11.1 Å². The molecule has 4 rings (SSSR count). The molecule has 0 aliphatic heterocycles. The third-order valence-corrected chi connectivity index (χ3v) is 7.65. The second kappa shape index (κ2) is 17.1. The van der Waals surface area contributed by atoms with Crippen LogP contribution in [0.1, 0.15) is 35.4 Å². The van der Waals surface area contributed by atoms with Gasteiger partial charge in [0.1, 0.15) is 12.5 Å². The van der Waals surface area contributed by atoms with Crippen molar-refractivity contribution in [2.75, 3.05) is 26.2 Å². The smallest absolute Gasteiger partial charge is 0.310 e. The van der Waals surface area contributed by atoms with Gasteiger partial charge in [0.2, 0.25) is 29.4 Å². The van der Waals surface area contributed by atoms with Gasteiger partial charge in [0.05, 0.1) is 26.2 Å². The predicted octanol–water partition coefficient (Wildman–Crippen LogP) is -0.00580. The number of aliphatic carboxylic acids is 1. The first kappa shape index (κ1) is 35.7. The number of amides is 5. The SMILES string of the molecule is O=C(O)CC(=O)CNC(=O)CNC(=O)[C@H](Cc1ccccc1)NC(=O)CNC(=O)CNC(=O)C(=O)CC1c2ccccc2-c2ccccc21. The fourth-order valence-corrected chi connectivity index (χ4v) is 5.34. The van der Waals surface area contributed by atoms with Gasteiger partial charge in [-0.15, -0.1) is 0 Å². The van der Waals surface area contributed by atoms with Gasteiger partial charge < -0.3 is 31.7 Å². The van der Waals surface area contributed by atoms with E-state index in [-0.39, 0.29) is 18.8 Å². The van der Waals surface area contributed by atoms with Crippen LogP contribution in [0.4, 0.5) is 0 Å². The molecule has 6 N–H and O–H groups in total. The number of carboxylic acids is 1. The third kappa shape index (κ3) is 10.4. The number of carboxylic acid groups (broad SMARTS) is 1. The summed E-state index contributed by atoms with van der Waals surface area (Å²) >= 11 is 0. The van der Waals surface area contributed by atoms with Crippen LogP contribution in [0.5, 0.6) is 0 Å². The minimum absolute atomic E-state index is 0.0409. The number of ketones is 2. The molecule has 1 aliphatic rings. The van der Waals surface area contributed by atoms with E-state index in [0.29, 0.717) is 5.56 Å². The van der Waals surface area contributed by atoms with Crippen molar-refractivity contribution in [2.24, 2.45) is 0 Å². The summed E-state index contributed by atoms with van der Waals surface area (Å²) in [5.41, 5.74) is 4.59. The summed E-state index contributed by atoms with van der Waals surface area (Å²) in [5.74, 6) is -6.95. The average molecular weight is 670 g/mol. The molecule has 0 aromatic heterocycles. The van der Waals surface area contributed by atoms with Crippen molar-refractivity contribution in [3.05, 3.63) is 95.6 Å². The molecule has 14 nitrogen and oxygen atoms in total. The number of fused-ring (bicyclic) bond motifs is 3. The zero-order chi connectivity index (χ0) is 35.3. The zero-order valence-corrected chi connectivity index (χ0v) is 26.3. The molecule has 3 aromatic rings. The lowest BCUT2D eigenvalue weighted by molar-refractivity contribution is -0.140. The molecule has 0 saturated carbocycles. The maximum Gasteiger partial charge on any atom is 0.310 e. The Labute approximate surface area is 281 Å². The second-order valence-electron chi connectivity index (χ2n) is 11.2. The van der Waals surface area contributed by atoms with Crippen LogP contribution in [-0.4, -0.2) is 84.4 Å². The van der Waals surface area contributed by atoms with E-state index >= 15 is 0 Å². The molecule has 0 unspecified atom stereocenters. The standard InChI is InChI=1S/C35H35N5O9/c41-22(15-33(46)47)17-36-30(43)18-38-34(48)28(14-21-8-2-1-3-9-21)40-32(45)20-37-31(44)19-39-35(49)29(42)16-27-25-12-6-4-10-23(25)24-11-5-7-13-26(24)27/h1-13,27-28H,14-20H2,(H,36,43)(H,37,44)(H,38,48)(H,39,49)(H,40,45)(H,46,47)/t28-/m0/s1. The number of carbonyl (C=O) groups excluding carboxylic acids is 7. The Balaban J connectivity index is 1.23. The van der Waals surface area contributed by atoms with Crippen LogP contribution in [0.3, 0.4) is 0 Å². The zero-order valence-electron chi connectivity index (χ0n) is 26.3. The van der Waals surface area contributed by atoms with E-state index in [4.69, 9.17) is 5.11 Å². The Hall–Kier alpha value is -6.18. The van der Waals surface area contributed by atoms with E-state index < -0.39 is 85.7 Å². The number of nitrogens with one attached hydrogen (secondary N) is 5. The Bertz CT molecular complexity index is 1710. The average Bonchev–Trinajstić information content (AvgIpc) is 3.40. The maximum absolute atomic E-state index is 12.9. The van der Waals surface area contributed by atoms with Gasteiger partial charge >= 0.3 is 5.97 Å². The Morgan fingerprint density at radius 1 is 0.612 bits per heavy atom. The highest BCUT2D eigenvalue weighted by Crippen LogP contribution is 2.46. The molecule has 3 aromatic carbocycles. The lowest BCUT2D eigenvalue weighted by Crippen LogP contribution is -2.52. The molecule has 0 fully saturated rings. The van der Waals surface area contributed by atoms with Crippen molar-refractivity contribution < 1.29 is 43.5 Å². The highest BCUT2D eigenvalue weighted by Gasteiger charge is 2.31. The summed E-state index contributed by atoms with van der Waals surface area (Å²) in [5, 5.41) is 20.3. The van der Waals surface area contributed by atoms with E-state index in [9.17, 15) is 38.4 Å². The fourth-order valence-electron chi connectivity index (χ4n) is 5.34. The van der Waals surface area contributed by atoms with Crippen LogP contribution < -0.4 is 26.6 Å². The van der Waals surface area contributed by atoms with E-state index in [1.807, 2.05) is 48.5 Å². The van der Waals surface area contributed by atoms with Gasteiger partial charge in [-0.05, 0) is 27.8 Å². The Kier molecular flexibility index (Phi) is 12.5. The molecule has 0 heterocycles. The van der Waals surface area contributed by atoms with Crippen molar-refractivity contribution in [2.45, 2.75) is 31.2 Å². The van der Waals surface area contributed by atoms with Crippen LogP contribution in [0.15, 0.2) is 78.9 Å². The summed E-state index contributed by atoms with van der Waals surface area (Å²) in [6.45, 7) is -2.19. The fraction of sp³-hybridized carbons (Fsp3) is 0.257. The van der Waals surface area contributed by atoms with Gasteiger partial charge in [-0.3, -0.25) is 38.4 Å². The molecule has 254 valence electrons. The normalized spacial score (nSPS) is 12.0. The van der Waals surface area contributed by atoms with Crippen LogP contribution in [0, 0.1) is 0 Å². The molecule has 49 heavy (non-hydrogen) atoms. The monoisotopic (exact) mass is 669 g/mol. The molecule has 0 spiro atoms. The topological polar surface area (TPSA) is 217 Å². The van der Waals surface area contributed by atoms with Gasteiger partial charge in [0.25, 0.3) is 5.91 Å². The van der Waals surface area contributed by atoms with Gasteiger partial charge in [0.15, 0.2) is 5.78 Å². The lowest BCUT2D eigenvalue weighted by Gasteiger charge is -2.19. The predicted molar refractivity (Wildman–Crippen MR) is 175 cm³/mol. The van der Waals surface area contributed by atoms with Crippen LogP contribution in [-0.2, 0) is 44.8 Å². The van der Waals surface area contributed by atoms with E-state index in [0.717, 1.165) is 22.3 Å². The van der Waals surface area contributed by atoms with Crippen LogP contribution in [0.25, 0.3) is 11.1 Å². The number of Topliss-reactive ketones (excluding diaryl/α,β-unsaturated/α-hetero) is 2. The molecular formula is C35H35N5O9. The lowest BCUT2D eigenvalue weighted by atomic mass is 9.91. The number of hydrogen-bond acceptors (Lipinski definition) is 8. The Morgan fingerprint density at radius 2 is 1.14 bits per heavy atom. The molecular weight excluding hydrogens is 634 g/mol. The minimum atomic E-state index is -1.34. The summed E-state index contributed by atoms with van der Waals surface area (Å²) in [7, 11) is 0. The number of carbonyl (C=O) groups is 8. The number of rotatable bonds is 17.